The average molecular weight is 172 g/mol. The van der Waals surface area contributed by atoms with E-state index in [1.54, 1.807) is 18.2 Å². The van der Waals surface area contributed by atoms with Crippen molar-refractivity contribution in [2.24, 2.45) is 5.73 Å². The van der Waals surface area contributed by atoms with Crippen LogP contribution in [0.3, 0.4) is 0 Å². The van der Waals surface area contributed by atoms with Crippen LogP contribution in [0.15, 0.2) is 24.3 Å². The number of phenols is 1. The summed E-state index contributed by atoms with van der Waals surface area (Å²) >= 11 is 5.55. The Labute approximate surface area is 70.6 Å². The first-order valence-corrected chi connectivity index (χ1v) is 3.80. The normalized spacial score (nSPS) is 12.9. The van der Waals surface area contributed by atoms with E-state index < -0.39 is 5.50 Å². The average Bonchev–Trinajstić information content (AvgIpc) is 1.93. The topological polar surface area (TPSA) is 46.2 Å². The summed E-state index contributed by atoms with van der Waals surface area (Å²) in [6, 6.07) is 7.03. The molecular weight excluding hydrogens is 162 g/mol. The third-order valence-electron chi connectivity index (χ3n) is 1.41. The van der Waals surface area contributed by atoms with E-state index in [4.69, 9.17) is 17.3 Å². The van der Waals surface area contributed by atoms with Crippen molar-refractivity contribution < 1.29 is 5.11 Å². The van der Waals surface area contributed by atoms with Crippen LogP contribution in [-0.2, 0) is 6.42 Å². The SMILES string of the molecule is NC(Cl)Cc1ccccc1O. The number of hydrogen-bond donors (Lipinski definition) is 2. The van der Waals surface area contributed by atoms with Gasteiger partial charge >= 0.3 is 0 Å². The van der Waals surface area contributed by atoms with Crippen molar-refractivity contribution in [3.63, 3.8) is 0 Å². The zero-order valence-electron chi connectivity index (χ0n) is 6.00. The third-order valence-corrected chi connectivity index (χ3v) is 1.56. The Balaban J connectivity index is 2.78. The summed E-state index contributed by atoms with van der Waals surface area (Å²) in [6.45, 7) is 0. The molecule has 1 aromatic rings. The number of rotatable bonds is 2. The Morgan fingerprint density at radius 2 is 2.09 bits per heavy atom. The van der Waals surface area contributed by atoms with Crippen LogP contribution in [0.4, 0.5) is 0 Å². The summed E-state index contributed by atoms with van der Waals surface area (Å²) in [7, 11) is 0. The summed E-state index contributed by atoms with van der Waals surface area (Å²) < 4.78 is 0. The molecule has 1 atom stereocenters. The summed E-state index contributed by atoms with van der Waals surface area (Å²) in [6.07, 6.45) is 0.494. The minimum atomic E-state index is -0.428. The van der Waals surface area contributed by atoms with Crippen LogP contribution in [0.25, 0.3) is 0 Å². The van der Waals surface area contributed by atoms with Crippen LogP contribution in [0.5, 0.6) is 5.75 Å². The molecule has 0 fully saturated rings. The summed E-state index contributed by atoms with van der Waals surface area (Å²) in [5.41, 5.74) is 5.71. The molecule has 0 aliphatic carbocycles. The van der Waals surface area contributed by atoms with Gasteiger partial charge in [0, 0.05) is 6.42 Å². The molecule has 0 amide bonds. The molecule has 0 bridgehead atoms. The van der Waals surface area contributed by atoms with E-state index in [1.165, 1.54) is 0 Å². The van der Waals surface area contributed by atoms with Gasteiger partial charge in [-0.05, 0) is 11.6 Å². The van der Waals surface area contributed by atoms with Gasteiger partial charge in [0.1, 0.15) is 5.75 Å². The third kappa shape index (κ3) is 2.41. The smallest absolute Gasteiger partial charge is 0.118 e. The van der Waals surface area contributed by atoms with E-state index in [0.717, 1.165) is 5.56 Å². The quantitative estimate of drug-likeness (QED) is 0.523. The van der Waals surface area contributed by atoms with Crippen LogP contribution < -0.4 is 5.73 Å². The Morgan fingerprint density at radius 3 is 2.64 bits per heavy atom. The van der Waals surface area contributed by atoms with Crippen molar-refractivity contribution in [3.8, 4) is 5.75 Å². The molecule has 1 aromatic carbocycles. The number of nitrogens with two attached hydrogens (primary N) is 1. The molecule has 3 heteroatoms. The minimum absolute atomic E-state index is 0.253. The maximum atomic E-state index is 9.25. The Kier molecular flexibility index (Phi) is 2.74. The van der Waals surface area contributed by atoms with Crippen molar-refractivity contribution >= 4 is 11.6 Å². The second-order valence-corrected chi connectivity index (χ2v) is 2.91. The molecule has 60 valence electrons. The van der Waals surface area contributed by atoms with Gasteiger partial charge in [-0.3, -0.25) is 0 Å². The lowest BCUT2D eigenvalue weighted by Crippen LogP contribution is -2.14. The Bertz CT molecular complexity index is 237. The molecule has 0 spiro atoms. The van der Waals surface area contributed by atoms with E-state index in [9.17, 15) is 5.11 Å². The first-order valence-electron chi connectivity index (χ1n) is 3.36. The first kappa shape index (κ1) is 8.37. The van der Waals surface area contributed by atoms with Crippen molar-refractivity contribution in [1.82, 2.24) is 0 Å². The van der Waals surface area contributed by atoms with Crippen molar-refractivity contribution in [3.05, 3.63) is 29.8 Å². The molecule has 0 radical (unpaired) electrons. The highest BCUT2D eigenvalue weighted by Gasteiger charge is 2.02. The van der Waals surface area contributed by atoms with Gasteiger partial charge in [-0.2, -0.15) is 0 Å². The molecule has 0 saturated heterocycles. The Hall–Kier alpha value is -0.730. The van der Waals surface area contributed by atoms with Crippen LogP contribution in [0.1, 0.15) is 5.56 Å². The number of benzene rings is 1. The number of aromatic hydroxyl groups is 1. The summed E-state index contributed by atoms with van der Waals surface area (Å²) in [5, 5.41) is 9.25. The lowest BCUT2D eigenvalue weighted by Gasteiger charge is -2.04. The van der Waals surface area contributed by atoms with Gasteiger partial charge in [-0.25, -0.2) is 0 Å². The second-order valence-electron chi connectivity index (χ2n) is 2.35. The lowest BCUT2D eigenvalue weighted by atomic mass is 10.1. The van der Waals surface area contributed by atoms with Crippen molar-refractivity contribution in [1.29, 1.82) is 0 Å². The van der Waals surface area contributed by atoms with Gasteiger partial charge in [0.05, 0.1) is 5.50 Å². The van der Waals surface area contributed by atoms with Crippen molar-refractivity contribution in [2.75, 3.05) is 0 Å². The minimum Gasteiger partial charge on any atom is -0.508 e. The number of hydrogen-bond acceptors (Lipinski definition) is 2. The van der Waals surface area contributed by atoms with Crippen LogP contribution in [0.2, 0.25) is 0 Å². The van der Waals surface area contributed by atoms with Gasteiger partial charge in [-0.1, -0.05) is 18.2 Å². The molecular formula is C8H10ClNO. The zero-order chi connectivity index (χ0) is 8.27. The molecule has 3 N–H and O–H groups in total. The van der Waals surface area contributed by atoms with Gasteiger partial charge < -0.3 is 10.8 Å². The molecule has 0 heterocycles. The van der Waals surface area contributed by atoms with Gasteiger partial charge in [0.15, 0.2) is 0 Å². The zero-order valence-corrected chi connectivity index (χ0v) is 6.75. The standard InChI is InChI=1S/C8H10ClNO/c9-8(10)5-6-3-1-2-4-7(6)11/h1-4,8,11H,5,10H2. The van der Waals surface area contributed by atoms with E-state index in [2.05, 4.69) is 0 Å². The highest BCUT2D eigenvalue weighted by atomic mass is 35.5. The maximum absolute atomic E-state index is 9.25. The molecule has 2 nitrogen and oxygen atoms in total. The number of halogens is 1. The molecule has 1 rings (SSSR count). The molecule has 11 heavy (non-hydrogen) atoms. The predicted molar refractivity (Wildman–Crippen MR) is 45.6 cm³/mol. The Morgan fingerprint density at radius 1 is 1.45 bits per heavy atom. The monoisotopic (exact) mass is 171 g/mol. The van der Waals surface area contributed by atoms with Gasteiger partial charge in [-0.15, -0.1) is 11.6 Å². The van der Waals surface area contributed by atoms with E-state index >= 15 is 0 Å². The van der Waals surface area contributed by atoms with E-state index in [-0.39, 0.29) is 5.75 Å². The molecule has 0 aliphatic heterocycles. The van der Waals surface area contributed by atoms with Crippen LogP contribution >= 0.6 is 11.6 Å². The highest BCUT2D eigenvalue weighted by molar-refractivity contribution is 6.20. The number of alkyl halides is 1. The predicted octanol–water partition coefficient (Wildman–Crippen LogP) is 1.46. The molecule has 1 unspecified atom stereocenters. The largest absolute Gasteiger partial charge is 0.508 e. The lowest BCUT2D eigenvalue weighted by molar-refractivity contribution is 0.467. The van der Waals surface area contributed by atoms with Gasteiger partial charge in [0.2, 0.25) is 0 Å². The molecule has 0 saturated carbocycles. The second kappa shape index (κ2) is 3.60. The fourth-order valence-electron chi connectivity index (χ4n) is 0.894. The van der Waals surface area contributed by atoms with E-state index in [0.29, 0.717) is 6.42 Å². The fourth-order valence-corrected chi connectivity index (χ4v) is 1.06. The van der Waals surface area contributed by atoms with Gasteiger partial charge in [0.25, 0.3) is 0 Å². The van der Waals surface area contributed by atoms with E-state index in [1.807, 2.05) is 6.07 Å². The molecule has 0 aromatic heterocycles. The summed E-state index contributed by atoms with van der Waals surface area (Å²) in [4.78, 5) is 0. The highest BCUT2D eigenvalue weighted by Crippen LogP contribution is 2.17. The maximum Gasteiger partial charge on any atom is 0.118 e. The van der Waals surface area contributed by atoms with Crippen LogP contribution in [-0.4, -0.2) is 10.6 Å². The number of para-hydroxylation sites is 1. The first-order chi connectivity index (χ1) is 5.20. The molecule has 0 aliphatic rings. The fraction of sp³-hybridized carbons (Fsp3) is 0.250. The summed E-state index contributed by atoms with van der Waals surface area (Å²) in [5.74, 6) is 0.253. The van der Waals surface area contributed by atoms with Crippen molar-refractivity contribution in [2.45, 2.75) is 11.9 Å². The van der Waals surface area contributed by atoms with Crippen LogP contribution in [0, 0.1) is 0 Å². The number of phenolic OH excluding ortho intramolecular Hbond substituents is 1.